The van der Waals surface area contributed by atoms with Crippen molar-refractivity contribution < 1.29 is 19.1 Å². The summed E-state index contributed by atoms with van der Waals surface area (Å²) >= 11 is 0. The maximum absolute atomic E-state index is 11.9. The Kier molecular flexibility index (Phi) is 6.32. The van der Waals surface area contributed by atoms with Crippen LogP contribution < -0.4 is 10.1 Å². The average molecular weight is 380 g/mol. The van der Waals surface area contributed by atoms with E-state index in [0.29, 0.717) is 18.7 Å². The molecule has 0 fully saturated rings. The van der Waals surface area contributed by atoms with Crippen LogP contribution in [0.4, 0.5) is 0 Å². The van der Waals surface area contributed by atoms with Gasteiger partial charge in [-0.1, -0.05) is 24.3 Å². The third-order valence-electron chi connectivity index (χ3n) is 4.31. The van der Waals surface area contributed by atoms with Gasteiger partial charge in [-0.2, -0.15) is 0 Å². The molecule has 2 N–H and O–H groups in total. The number of para-hydroxylation sites is 1. The van der Waals surface area contributed by atoms with Crippen LogP contribution in [0, 0.1) is 13.8 Å². The zero-order chi connectivity index (χ0) is 19.9. The number of carbonyl (C=O) groups excluding carboxylic acids is 2. The molecule has 0 unspecified atom stereocenters. The Morgan fingerprint density at radius 3 is 2.57 bits per heavy atom. The van der Waals surface area contributed by atoms with Crippen molar-refractivity contribution in [2.45, 2.75) is 20.3 Å². The van der Waals surface area contributed by atoms with Gasteiger partial charge in [0.2, 0.25) is 0 Å². The molecular weight excluding hydrogens is 356 g/mol. The van der Waals surface area contributed by atoms with Gasteiger partial charge in [-0.05, 0) is 55.2 Å². The molecule has 0 bridgehead atoms. The van der Waals surface area contributed by atoms with E-state index in [0.717, 1.165) is 27.6 Å². The van der Waals surface area contributed by atoms with Crippen molar-refractivity contribution in [3.63, 3.8) is 0 Å². The fourth-order valence-electron chi connectivity index (χ4n) is 3.07. The third kappa shape index (κ3) is 5.36. The average Bonchev–Trinajstić information content (AvgIpc) is 3.07. The predicted octanol–water partition coefficient (Wildman–Crippen LogP) is 3.07. The molecule has 146 valence electrons. The molecule has 28 heavy (non-hydrogen) atoms. The molecule has 0 aliphatic carbocycles. The minimum Gasteiger partial charge on any atom is -0.482 e. The van der Waals surface area contributed by atoms with Crippen LogP contribution in [0.5, 0.6) is 5.75 Å². The fraction of sp³-hybridized carbons (Fsp3) is 0.273. The van der Waals surface area contributed by atoms with Crippen LogP contribution in [-0.2, 0) is 20.7 Å². The van der Waals surface area contributed by atoms with Gasteiger partial charge in [0.15, 0.2) is 13.2 Å². The molecule has 1 amide bonds. The maximum atomic E-state index is 11.9. The Balaban J connectivity index is 1.36. The normalized spacial score (nSPS) is 10.6. The quantitative estimate of drug-likeness (QED) is 0.589. The summed E-state index contributed by atoms with van der Waals surface area (Å²) in [7, 11) is 0. The number of carbonyl (C=O) groups is 2. The molecule has 0 saturated carbocycles. The van der Waals surface area contributed by atoms with Gasteiger partial charge in [-0.3, -0.25) is 4.79 Å². The van der Waals surface area contributed by atoms with Gasteiger partial charge in [-0.15, -0.1) is 0 Å². The second-order valence-corrected chi connectivity index (χ2v) is 6.73. The minimum atomic E-state index is -0.578. The standard InChI is InChI=1S/C22H24N2O4/c1-15-9-16(2)11-18(10-15)27-14-22(26)28-13-21(25)23-8-7-17-12-24-20-6-4-3-5-19(17)20/h3-6,9-12,24H,7-8,13-14H2,1-2H3,(H,23,25). The first-order valence-electron chi connectivity index (χ1n) is 9.19. The molecular formula is C22H24N2O4. The van der Waals surface area contributed by atoms with Crippen molar-refractivity contribution in [2.24, 2.45) is 0 Å². The molecule has 0 aliphatic rings. The topological polar surface area (TPSA) is 80.4 Å². The lowest BCUT2D eigenvalue weighted by Gasteiger charge is -2.09. The summed E-state index contributed by atoms with van der Waals surface area (Å²) in [5.41, 5.74) is 4.31. The number of aromatic nitrogens is 1. The Hall–Kier alpha value is -3.28. The molecule has 3 aromatic rings. The van der Waals surface area contributed by atoms with Gasteiger partial charge in [-0.25, -0.2) is 4.79 Å². The van der Waals surface area contributed by atoms with Crippen molar-refractivity contribution in [1.82, 2.24) is 10.3 Å². The van der Waals surface area contributed by atoms with Crippen LogP contribution in [0.1, 0.15) is 16.7 Å². The predicted molar refractivity (Wildman–Crippen MR) is 107 cm³/mol. The highest BCUT2D eigenvalue weighted by atomic mass is 16.6. The molecule has 6 heteroatoms. The lowest BCUT2D eigenvalue weighted by molar-refractivity contribution is -0.150. The monoisotopic (exact) mass is 380 g/mol. The van der Waals surface area contributed by atoms with Crippen molar-refractivity contribution in [3.05, 3.63) is 65.4 Å². The smallest absolute Gasteiger partial charge is 0.344 e. The van der Waals surface area contributed by atoms with Crippen molar-refractivity contribution >= 4 is 22.8 Å². The minimum absolute atomic E-state index is 0.231. The summed E-state index contributed by atoms with van der Waals surface area (Å²) < 4.78 is 10.4. The number of nitrogens with one attached hydrogen (secondary N) is 2. The van der Waals surface area contributed by atoms with Gasteiger partial charge in [0.1, 0.15) is 5.75 Å². The van der Waals surface area contributed by atoms with Crippen LogP contribution in [0.3, 0.4) is 0 Å². The molecule has 0 atom stereocenters. The van der Waals surface area contributed by atoms with E-state index in [1.165, 1.54) is 0 Å². The van der Waals surface area contributed by atoms with Crippen molar-refractivity contribution in [2.75, 3.05) is 19.8 Å². The van der Waals surface area contributed by atoms with Crippen LogP contribution in [0.25, 0.3) is 10.9 Å². The molecule has 2 aromatic carbocycles. The van der Waals surface area contributed by atoms with Gasteiger partial charge in [0, 0.05) is 23.6 Å². The first-order valence-corrected chi connectivity index (χ1v) is 9.19. The van der Waals surface area contributed by atoms with E-state index in [1.807, 2.05) is 62.5 Å². The number of fused-ring (bicyclic) bond motifs is 1. The molecule has 1 aromatic heterocycles. The van der Waals surface area contributed by atoms with E-state index in [2.05, 4.69) is 10.3 Å². The molecule has 6 nitrogen and oxygen atoms in total. The zero-order valence-electron chi connectivity index (χ0n) is 16.1. The van der Waals surface area contributed by atoms with Crippen molar-refractivity contribution in [3.8, 4) is 5.75 Å². The number of ether oxygens (including phenoxy) is 2. The lowest BCUT2D eigenvalue weighted by atomic mass is 10.1. The highest BCUT2D eigenvalue weighted by molar-refractivity contribution is 5.83. The second-order valence-electron chi connectivity index (χ2n) is 6.73. The number of hydrogen-bond acceptors (Lipinski definition) is 4. The van der Waals surface area contributed by atoms with Gasteiger partial charge >= 0.3 is 5.97 Å². The number of aromatic amines is 1. The molecule has 0 radical (unpaired) electrons. The van der Waals surface area contributed by atoms with E-state index in [9.17, 15) is 9.59 Å². The first-order chi connectivity index (χ1) is 13.5. The summed E-state index contributed by atoms with van der Waals surface area (Å²) in [5.74, 6) is -0.303. The van der Waals surface area contributed by atoms with E-state index < -0.39 is 5.97 Å². The summed E-state index contributed by atoms with van der Waals surface area (Å²) in [6, 6.07) is 13.7. The summed E-state index contributed by atoms with van der Waals surface area (Å²) in [6.07, 6.45) is 2.64. The third-order valence-corrected chi connectivity index (χ3v) is 4.31. The van der Waals surface area contributed by atoms with E-state index in [4.69, 9.17) is 9.47 Å². The number of benzene rings is 2. The number of esters is 1. The molecule has 1 heterocycles. The van der Waals surface area contributed by atoms with E-state index in [1.54, 1.807) is 0 Å². The highest BCUT2D eigenvalue weighted by Gasteiger charge is 2.09. The number of rotatable bonds is 8. The van der Waals surface area contributed by atoms with Crippen LogP contribution in [0.15, 0.2) is 48.7 Å². The SMILES string of the molecule is Cc1cc(C)cc(OCC(=O)OCC(=O)NCCc2c[nH]c3ccccc23)c1. The maximum Gasteiger partial charge on any atom is 0.344 e. The van der Waals surface area contributed by atoms with Gasteiger partial charge in [0.05, 0.1) is 0 Å². The Bertz CT molecular complexity index is 957. The second kappa shape index (κ2) is 9.08. The zero-order valence-corrected chi connectivity index (χ0v) is 16.1. The number of aryl methyl sites for hydroxylation is 2. The number of H-pyrrole nitrogens is 1. The molecule has 0 spiro atoms. The fourth-order valence-corrected chi connectivity index (χ4v) is 3.07. The molecule has 3 rings (SSSR count). The first kappa shape index (κ1) is 19.5. The summed E-state index contributed by atoms with van der Waals surface area (Å²) in [5, 5.41) is 3.90. The largest absolute Gasteiger partial charge is 0.482 e. The van der Waals surface area contributed by atoms with Gasteiger partial charge < -0.3 is 19.8 Å². The number of hydrogen-bond donors (Lipinski definition) is 2. The Morgan fingerprint density at radius 1 is 1.04 bits per heavy atom. The molecule has 0 aliphatic heterocycles. The molecule has 0 saturated heterocycles. The summed E-state index contributed by atoms with van der Waals surface area (Å²) in [4.78, 5) is 26.8. The van der Waals surface area contributed by atoms with Crippen LogP contribution in [-0.4, -0.2) is 36.6 Å². The Morgan fingerprint density at radius 2 is 1.79 bits per heavy atom. The number of amides is 1. The Labute approximate surface area is 163 Å². The summed E-state index contributed by atoms with van der Waals surface area (Å²) in [6.45, 7) is 3.84. The van der Waals surface area contributed by atoms with Gasteiger partial charge in [0.25, 0.3) is 5.91 Å². The lowest BCUT2D eigenvalue weighted by Crippen LogP contribution is -2.31. The van der Waals surface area contributed by atoms with Crippen LogP contribution >= 0.6 is 0 Å². The highest BCUT2D eigenvalue weighted by Crippen LogP contribution is 2.18. The van der Waals surface area contributed by atoms with E-state index in [-0.39, 0.29) is 19.1 Å². The van der Waals surface area contributed by atoms with Crippen LogP contribution in [0.2, 0.25) is 0 Å². The van der Waals surface area contributed by atoms with Crippen molar-refractivity contribution in [1.29, 1.82) is 0 Å². The van der Waals surface area contributed by atoms with E-state index >= 15 is 0 Å².